The van der Waals surface area contributed by atoms with E-state index in [-0.39, 0.29) is 6.10 Å². The largest absolute Gasteiger partial charge is 0.497 e. The second kappa shape index (κ2) is 7.92. The zero-order chi connectivity index (χ0) is 12.5. The van der Waals surface area contributed by atoms with E-state index < -0.39 is 0 Å². The van der Waals surface area contributed by atoms with Gasteiger partial charge in [0, 0.05) is 19.7 Å². The average molecular weight is 239 g/mol. The molecule has 0 aliphatic heterocycles. The van der Waals surface area contributed by atoms with Crippen molar-refractivity contribution in [2.24, 2.45) is 0 Å². The van der Waals surface area contributed by atoms with Crippen LogP contribution in [0, 0.1) is 0 Å². The molecule has 17 heavy (non-hydrogen) atoms. The van der Waals surface area contributed by atoms with E-state index in [0.717, 1.165) is 24.6 Å². The van der Waals surface area contributed by atoms with Crippen molar-refractivity contribution in [3.63, 3.8) is 0 Å². The van der Waals surface area contributed by atoms with Crippen LogP contribution in [0.25, 0.3) is 0 Å². The molecule has 1 N–H and O–H groups in total. The number of likely N-dealkylation sites (N-methyl/N-ethyl adjacent to an activating group) is 1. The minimum atomic E-state index is 0.00653. The van der Waals surface area contributed by atoms with Gasteiger partial charge >= 0.3 is 0 Å². The number of methoxy groups -OCH3 is 2. The Morgan fingerprint density at radius 1 is 1.24 bits per heavy atom. The second-order valence-electron chi connectivity index (χ2n) is 3.68. The van der Waals surface area contributed by atoms with E-state index in [0.29, 0.717) is 6.61 Å². The molecule has 1 atom stereocenters. The highest BCUT2D eigenvalue weighted by molar-refractivity contribution is 5.32. The van der Waals surface area contributed by atoms with Gasteiger partial charge < -0.3 is 19.5 Å². The molecule has 0 saturated carbocycles. The topological polar surface area (TPSA) is 39.7 Å². The monoisotopic (exact) mass is 239 g/mol. The molecular weight excluding hydrogens is 218 g/mol. The lowest BCUT2D eigenvalue weighted by Gasteiger charge is -2.19. The van der Waals surface area contributed by atoms with Crippen molar-refractivity contribution < 1.29 is 14.2 Å². The minimum Gasteiger partial charge on any atom is -0.497 e. The standard InChI is InChI=1S/C13H21NO3/c1-4-14-9-13(10-15-2)17-12-7-5-6-11(8-12)16-3/h5-8,13-14H,4,9-10H2,1-3H3. The molecule has 4 nitrogen and oxygen atoms in total. The molecule has 0 aromatic heterocycles. The third kappa shape index (κ3) is 5.06. The molecule has 0 spiro atoms. The molecule has 4 heteroatoms. The fourth-order valence-electron chi connectivity index (χ4n) is 1.49. The summed E-state index contributed by atoms with van der Waals surface area (Å²) < 4.78 is 16.1. The summed E-state index contributed by atoms with van der Waals surface area (Å²) in [6, 6.07) is 7.58. The fourth-order valence-corrected chi connectivity index (χ4v) is 1.49. The molecule has 0 heterocycles. The first kappa shape index (κ1) is 13.8. The summed E-state index contributed by atoms with van der Waals surface area (Å²) in [7, 11) is 3.32. The van der Waals surface area contributed by atoms with Gasteiger partial charge in [-0.3, -0.25) is 0 Å². The normalized spacial score (nSPS) is 12.2. The molecule has 0 aliphatic carbocycles. The maximum Gasteiger partial charge on any atom is 0.134 e. The van der Waals surface area contributed by atoms with Crippen LogP contribution in [0.2, 0.25) is 0 Å². The van der Waals surface area contributed by atoms with Crippen molar-refractivity contribution in [3.8, 4) is 11.5 Å². The summed E-state index contributed by atoms with van der Waals surface area (Å²) >= 11 is 0. The molecule has 0 fully saturated rings. The van der Waals surface area contributed by atoms with E-state index in [4.69, 9.17) is 14.2 Å². The molecule has 0 saturated heterocycles. The SMILES string of the molecule is CCNCC(COC)Oc1cccc(OC)c1. The van der Waals surface area contributed by atoms with E-state index in [1.54, 1.807) is 14.2 Å². The lowest BCUT2D eigenvalue weighted by molar-refractivity contribution is 0.0808. The summed E-state index contributed by atoms with van der Waals surface area (Å²) in [6.45, 7) is 4.31. The number of benzene rings is 1. The summed E-state index contributed by atoms with van der Waals surface area (Å²) in [4.78, 5) is 0. The molecule has 1 unspecified atom stereocenters. The first-order valence-electron chi connectivity index (χ1n) is 5.80. The molecule has 0 bridgehead atoms. The third-order valence-electron chi connectivity index (χ3n) is 2.32. The number of hydrogen-bond donors (Lipinski definition) is 1. The van der Waals surface area contributed by atoms with Gasteiger partial charge in [0.15, 0.2) is 0 Å². The average Bonchev–Trinajstić information content (AvgIpc) is 2.36. The minimum absolute atomic E-state index is 0.00653. The Morgan fingerprint density at radius 3 is 2.65 bits per heavy atom. The second-order valence-corrected chi connectivity index (χ2v) is 3.68. The van der Waals surface area contributed by atoms with Crippen LogP contribution < -0.4 is 14.8 Å². The van der Waals surface area contributed by atoms with Gasteiger partial charge in [0.2, 0.25) is 0 Å². The molecule has 96 valence electrons. The highest BCUT2D eigenvalue weighted by atomic mass is 16.5. The van der Waals surface area contributed by atoms with Crippen LogP contribution in [0.3, 0.4) is 0 Å². The fraction of sp³-hybridized carbons (Fsp3) is 0.538. The smallest absolute Gasteiger partial charge is 0.134 e. The molecule has 1 aromatic rings. The van der Waals surface area contributed by atoms with Crippen molar-refractivity contribution in [1.29, 1.82) is 0 Å². The zero-order valence-electron chi connectivity index (χ0n) is 10.7. The molecular formula is C13H21NO3. The number of rotatable bonds is 8. The first-order chi connectivity index (χ1) is 8.30. The van der Waals surface area contributed by atoms with E-state index >= 15 is 0 Å². The van der Waals surface area contributed by atoms with Crippen molar-refractivity contribution in [3.05, 3.63) is 24.3 Å². The van der Waals surface area contributed by atoms with Gasteiger partial charge in [0.1, 0.15) is 17.6 Å². The van der Waals surface area contributed by atoms with Gasteiger partial charge in [-0.25, -0.2) is 0 Å². The van der Waals surface area contributed by atoms with Gasteiger partial charge in [-0.05, 0) is 18.7 Å². The predicted molar refractivity (Wildman–Crippen MR) is 67.8 cm³/mol. The molecule has 0 aliphatic rings. The highest BCUT2D eigenvalue weighted by Gasteiger charge is 2.09. The summed E-state index contributed by atoms with van der Waals surface area (Å²) in [5.41, 5.74) is 0. The van der Waals surface area contributed by atoms with Crippen molar-refractivity contribution in [2.45, 2.75) is 13.0 Å². The van der Waals surface area contributed by atoms with Crippen molar-refractivity contribution >= 4 is 0 Å². The van der Waals surface area contributed by atoms with Crippen LogP contribution >= 0.6 is 0 Å². The van der Waals surface area contributed by atoms with Gasteiger partial charge in [0.05, 0.1) is 13.7 Å². The van der Waals surface area contributed by atoms with Crippen LogP contribution in [0.5, 0.6) is 11.5 Å². The van der Waals surface area contributed by atoms with Crippen LogP contribution in [0.15, 0.2) is 24.3 Å². The maximum absolute atomic E-state index is 5.83. The van der Waals surface area contributed by atoms with Gasteiger partial charge in [-0.1, -0.05) is 13.0 Å². The van der Waals surface area contributed by atoms with Gasteiger partial charge in [-0.2, -0.15) is 0 Å². The Morgan fingerprint density at radius 2 is 2.00 bits per heavy atom. The predicted octanol–water partition coefficient (Wildman–Crippen LogP) is 1.70. The van der Waals surface area contributed by atoms with Crippen LogP contribution in [-0.2, 0) is 4.74 Å². The van der Waals surface area contributed by atoms with E-state index in [1.807, 2.05) is 24.3 Å². The number of nitrogens with one attached hydrogen (secondary N) is 1. The van der Waals surface area contributed by atoms with E-state index in [2.05, 4.69) is 12.2 Å². The molecule has 1 aromatic carbocycles. The summed E-state index contributed by atoms with van der Waals surface area (Å²) in [6.07, 6.45) is 0.00653. The molecule has 0 amide bonds. The number of ether oxygens (including phenoxy) is 3. The third-order valence-corrected chi connectivity index (χ3v) is 2.32. The Bertz CT molecular complexity index is 317. The van der Waals surface area contributed by atoms with Gasteiger partial charge in [0.25, 0.3) is 0 Å². The van der Waals surface area contributed by atoms with Crippen molar-refractivity contribution in [1.82, 2.24) is 5.32 Å². The lowest BCUT2D eigenvalue weighted by atomic mass is 10.3. The Hall–Kier alpha value is -1.26. The van der Waals surface area contributed by atoms with Crippen LogP contribution in [-0.4, -0.2) is 40.0 Å². The van der Waals surface area contributed by atoms with Gasteiger partial charge in [-0.15, -0.1) is 0 Å². The highest BCUT2D eigenvalue weighted by Crippen LogP contribution is 2.19. The van der Waals surface area contributed by atoms with Crippen molar-refractivity contribution in [2.75, 3.05) is 33.9 Å². The molecule has 0 radical (unpaired) electrons. The Balaban J connectivity index is 2.57. The van der Waals surface area contributed by atoms with Crippen LogP contribution in [0.1, 0.15) is 6.92 Å². The molecule has 1 rings (SSSR count). The quantitative estimate of drug-likeness (QED) is 0.749. The Labute approximate surface area is 103 Å². The Kier molecular flexibility index (Phi) is 6.43. The summed E-state index contributed by atoms with van der Waals surface area (Å²) in [5, 5.41) is 3.25. The zero-order valence-corrected chi connectivity index (χ0v) is 10.7. The first-order valence-corrected chi connectivity index (χ1v) is 5.80. The maximum atomic E-state index is 5.83. The number of hydrogen-bond acceptors (Lipinski definition) is 4. The summed E-state index contributed by atoms with van der Waals surface area (Å²) in [5.74, 6) is 1.59. The van der Waals surface area contributed by atoms with E-state index in [1.165, 1.54) is 0 Å². The van der Waals surface area contributed by atoms with E-state index in [9.17, 15) is 0 Å². The lowest BCUT2D eigenvalue weighted by Crippen LogP contribution is -2.34. The van der Waals surface area contributed by atoms with Crippen LogP contribution in [0.4, 0.5) is 0 Å².